The zero-order valence-corrected chi connectivity index (χ0v) is 19.4. The molecule has 1 atom stereocenters. The predicted molar refractivity (Wildman–Crippen MR) is 126 cm³/mol. The van der Waals surface area contributed by atoms with Gasteiger partial charge in [0.2, 0.25) is 5.91 Å². The van der Waals surface area contributed by atoms with Crippen molar-refractivity contribution < 1.29 is 18.0 Å². The topological polar surface area (TPSA) is 105 Å². The maximum absolute atomic E-state index is 12.8. The van der Waals surface area contributed by atoms with Crippen LogP contribution in [0.2, 0.25) is 0 Å². The van der Waals surface area contributed by atoms with E-state index in [2.05, 4.69) is 22.2 Å². The summed E-state index contributed by atoms with van der Waals surface area (Å²) in [5, 5.41) is 3.33. The van der Waals surface area contributed by atoms with Crippen molar-refractivity contribution in [3.8, 4) is 0 Å². The zero-order chi connectivity index (χ0) is 22.3. The van der Waals surface area contributed by atoms with E-state index < -0.39 is 21.0 Å². The van der Waals surface area contributed by atoms with Gasteiger partial charge in [0.05, 0.1) is 17.2 Å². The molecule has 164 valence electrons. The standard InChI is InChI=1S/C21H23N3O4S3/c1-2-3-5-15-7-9-17(10-8-15)31(27,28)18-13-23-21(24-20(18)26)30-14-19(25)22-12-16-6-4-11-29-16/h4,6-11,13,18H,2-3,5,12,14H2,1H3,(H,22,25). The van der Waals surface area contributed by atoms with Crippen molar-refractivity contribution in [1.29, 1.82) is 0 Å². The molecule has 1 N–H and O–H groups in total. The Kier molecular flexibility index (Phi) is 8.16. The number of thiophene rings is 1. The van der Waals surface area contributed by atoms with Crippen molar-refractivity contribution in [2.75, 3.05) is 5.75 Å². The van der Waals surface area contributed by atoms with E-state index in [9.17, 15) is 18.0 Å². The van der Waals surface area contributed by atoms with Gasteiger partial charge < -0.3 is 5.32 Å². The summed E-state index contributed by atoms with van der Waals surface area (Å²) in [6, 6.07) is 10.4. The van der Waals surface area contributed by atoms with E-state index in [1.807, 2.05) is 17.5 Å². The quantitative estimate of drug-likeness (QED) is 0.597. The second-order valence-corrected chi connectivity index (χ2v) is 10.9. The first-order chi connectivity index (χ1) is 14.9. The Hall–Kier alpha value is -2.30. The summed E-state index contributed by atoms with van der Waals surface area (Å²) in [5.74, 6) is -0.987. The van der Waals surface area contributed by atoms with Crippen LogP contribution in [-0.4, -0.2) is 42.6 Å². The molecule has 1 unspecified atom stereocenters. The summed E-state index contributed by atoms with van der Waals surface area (Å²) >= 11 is 2.54. The minimum atomic E-state index is -3.93. The molecule has 1 aliphatic rings. The van der Waals surface area contributed by atoms with Crippen molar-refractivity contribution in [3.63, 3.8) is 0 Å². The fourth-order valence-electron chi connectivity index (χ4n) is 2.82. The highest BCUT2D eigenvalue weighted by atomic mass is 32.2. The summed E-state index contributed by atoms with van der Waals surface area (Å²) in [7, 11) is -3.93. The van der Waals surface area contributed by atoms with E-state index >= 15 is 0 Å². The Morgan fingerprint density at radius 2 is 2.00 bits per heavy atom. The molecule has 2 amide bonds. The van der Waals surface area contributed by atoms with Gasteiger partial charge in [-0.2, -0.15) is 4.99 Å². The molecule has 2 aromatic rings. The molecule has 0 saturated carbocycles. The van der Waals surface area contributed by atoms with Crippen LogP contribution in [0, 0.1) is 0 Å². The average molecular weight is 478 g/mol. The van der Waals surface area contributed by atoms with Crippen molar-refractivity contribution >= 4 is 56.1 Å². The van der Waals surface area contributed by atoms with Gasteiger partial charge >= 0.3 is 0 Å². The number of nitrogens with one attached hydrogen (secondary N) is 1. The minimum Gasteiger partial charge on any atom is -0.350 e. The molecule has 10 heteroatoms. The first-order valence-electron chi connectivity index (χ1n) is 9.81. The van der Waals surface area contributed by atoms with E-state index in [1.165, 1.54) is 12.1 Å². The number of benzene rings is 1. The molecule has 0 radical (unpaired) electrons. The van der Waals surface area contributed by atoms with Gasteiger partial charge in [-0.1, -0.05) is 43.3 Å². The second kappa shape index (κ2) is 10.8. The van der Waals surface area contributed by atoms with Gasteiger partial charge in [0.1, 0.15) is 0 Å². The lowest BCUT2D eigenvalue weighted by Gasteiger charge is -2.14. The van der Waals surface area contributed by atoms with E-state index in [0.717, 1.165) is 47.7 Å². The smallest absolute Gasteiger partial charge is 0.272 e. The van der Waals surface area contributed by atoms with Crippen LogP contribution in [0.15, 0.2) is 56.7 Å². The number of aryl methyl sites for hydroxylation is 1. The van der Waals surface area contributed by atoms with E-state index in [4.69, 9.17) is 0 Å². The van der Waals surface area contributed by atoms with Crippen molar-refractivity contribution in [2.45, 2.75) is 42.9 Å². The Bertz CT molecular complexity index is 1080. The lowest BCUT2D eigenvalue weighted by Crippen LogP contribution is -2.34. The highest BCUT2D eigenvalue weighted by Gasteiger charge is 2.35. The van der Waals surface area contributed by atoms with E-state index in [1.54, 1.807) is 23.5 Å². The lowest BCUT2D eigenvalue weighted by atomic mass is 10.1. The zero-order valence-electron chi connectivity index (χ0n) is 17.0. The molecular formula is C21H23N3O4S3. The van der Waals surface area contributed by atoms with Crippen LogP contribution in [0.25, 0.3) is 0 Å². The average Bonchev–Trinajstić information content (AvgIpc) is 3.28. The number of unbranched alkanes of at least 4 members (excludes halogenated alkanes) is 1. The Morgan fingerprint density at radius 3 is 2.65 bits per heavy atom. The number of carbonyl (C=O) groups is 2. The molecule has 7 nitrogen and oxygen atoms in total. The number of hydrogen-bond donors (Lipinski definition) is 1. The summed E-state index contributed by atoms with van der Waals surface area (Å²) in [4.78, 5) is 33.2. The molecule has 0 saturated heterocycles. The predicted octanol–water partition coefficient (Wildman–Crippen LogP) is 3.25. The molecule has 0 bridgehead atoms. The summed E-state index contributed by atoms with van der Waals surface area (Å²) < 4.78 is 25.7. The van der Waals surface area contributed by atoms with Gasteiger partial charge in [0.15, 0.2) is 20.3 Å². The molecule has 0 aliphatic carbocycles. The number of carbonyl (C=O) groups excluding carboxylic acids is 2. The number of hydrogen-bond acceptors (Lipinski definition) is 7. The number of aliphatic imine (C=N–C) groups is 2. The Morgan fingerprint density at radius 1 is 1.23 bits per heavy atom. The Labute approximate surface area is 190 Å². The third-order valence-corrected chi connectivity index (χ3v) is 8.21. The number of thioether (sulfide) groups is 1. The van der Waals surface area contributed by atoms with Gasteiger partial charge in [0, 0.05) is 11.1 Å². The van der Waals surface area contributed by atoms with Crippen LogP contribution in [0.3, 0.4) is 0 Å². The fraction of sp³-hybridized carbons (Fsp3) is 0.333. The van der Waals surface area contributed by atoms with Gasteiger partial charge in [-0.15, -0.1) is 11.3 Å². The third-order valence-electron chi connectivity index (χ3n) is 4.55. The van der Waals surface area contributed by atoms with Crippen molar-refractivity contribution in [1.82, 2.24) is 5.32 Å². The fourth-order valence-corrected chi connectivity index (χ4v) is 5.46. The molecule has 0 fully saturated rings. The molecule has 0 spiro atoms. The number of amides is 2. The minimum absolute atomic E-state index is 0.0332. The largest absolute Gasteiger partial charge is 0.350 e. The highest BCUT2D eigenvalue weighted by molar-refractivity contribution is 8.14. The van der Waals surface area contributed by atoms with Gasteiger partial charge in [-0.25, -0.2) is 13.4 Å². The molecular weight excluding hydrogens is 454 g/mol. The summed E-state index contributed by atoms with van der Waals surface area (Å²) in [6.45, 7) is 2.53. The van der Waals surface area contributed by atoms with Gasteiger partial charge in [-0.05, 0) is 42.0 Å². The molecule has 1 aromatic heterocycles. The van der Waals surface area contributed by atoms with Gasteiger partial charge in [0.25, 0.3) is 5.91 Å². The van der Waals surface area contributed by atoms with Gasteiger partial charge in [-0.3, -0.25) is 9.59 Å². The lowest BCUT2D eigenvalue weighted by molar-refractivity contribution is -0.119. The first kappa shape index (κ1) is 23.4. The number of amidine groups is 1. The van der Waals surface area contributed by atoms with E-state index in [-0.39, 0.29) is 21.7 Å². The molecule has 1 aliphatic heterocycles. The monoisotopic (exact) mass is 477 g/mol. The van der Waals surface area contributed by atoms with Crippen molar-refractivity contribution in [2.24, 2.45) is 9.98 Å². The normalized spacial score (nSPS) is 16.2. The maximum atomic E-state index is 12.8. The molecule has 2 heterocycles. The summed E-state index contributed by atoms with van der Waals surface area (Å²) in [5.41, 5.74) is 1.05. The molecule has 3 rings (SSSR count). The van der Waals surface area contributed by atoms with Crippen LogP contribution in [0.1, 0.15) is 30.2 Å². The molecule has 1 aromatic carbocycles. The number of nitrogens with zero attached hydrogens (tertiary/aromatic N) is 2. The second-order valence-electron chi connectivity index (χ2n) is 6.87. The maximum Gasteiger partial charge on any atom is 0.272 e. The van der Waals surface area contributed by atoms with Crippen LogP contribution in [-0.2, 0) is 32.4 Å². The van der Waals surface area contributed by atoms with Crippen LogP contribution in [0.5, 0.6) is 0 Å². The van der Waals surface area contributed by atoms with E-state index in [0.29, 0.717) is 6.54 Å². The van der Waals surface area contributed by atoms with Crippen LogP contribution >= 0.6 is 23.1 Å². The first-order valence-corrected chi connectivity index (χ1v) is 13.2. The van der Waals surface area contributed by atoms with Crippen LogP contribution < -0.4 is 5.32 Å². The number of rotatable bonds is 9. The third kappa shape index (κ3) is 6.34. The van der Waals surface area contributed by atoms with Crippen molar-refractivity contribution in [3.05, 3.63) is 52.2 Å². The number of sulfone groups is 1. The SMILES string of the molecule is CCCCc1ccc(S(=O)(=O)C2C=NC(SCC(=O)NCc3cccs3)=NC2=O)cc1. The summed E-state index contributed by atoms with van der Waals surface area (Å²) in [6.07, 6.45) is 4.07. The van der Waals surface area contributed by atoms with Crippen LogP contribution in [0.4, 0.5) is 0 Å². The highest BCUT2D eigenvalue weighted by Crippen LogP contribution is 2.21. The Balaban J connectivity index is 1.56. The molecule has 31 heavy (non-hydrogen) atoms.